The highest BCUT2D eigenvalue weighted by Crippen LogP contribution is 2.21. The highest BCUT2D eigenvalue weighted by molar-refractivity contribution is 6.76. The van der Waals surface area contributed by atoms with E-state index < -0.39 is 22.1 Å². The van der Waals surface area contributed by atoms with Crippen molar-refractivity contribution in [1.82, 2.24) is 19.6 Å². The molecule has 0 saturated heterocycles. The summed E-state index contributed by atoms with van der Waals surface area (Å²) in [4.78, 5) is 11.6. The quantitative estimate of drug-likeness (QED) is 0.0939. The maximum absolute atomic E-state index is 11.6. The first kappa shape index (κ1) is 35.3. The van der Waals surface area contributed by atoms with E-state index in [0.717, 1.165) is 30.1 Å². The predicted molar refractivity (Wildman–Crippen MR) is 185 cm³/mol. The van der Waals surface area contributed by atoms with Crippen LogP contribution in [0.1, 0.15) is 15.9 Å². The number of hydrogen-bond acceptors (Lipinski definition) is 8. The number of nitrogens with zero attached hydrogens (tertiary/aromatic N) is 5. The Hall–Kier alpha value is -4.23. The number of primary amides is 1. The average molecular weight is 647 g/mol. The summed E-state index contributed by atoms with van der Waals surface area (Å²) in [7, 11) is -2.21. The van der Waals surface area contributed by atoms with Crippen LogP contribution < -0.4 is 16.4 Å². The Morgan fingerprint density at radius 1 is 0.867 bits per heavy atom. The van der Waals surface area contributed by atoms with E-state index in [0.29, 0.717) is 36.1 Å². The molecule has 0 spiro atoms. The molecule has 4 aromatic rings. The summed E-state index contributed by atoms with van der Waals surface area (Å²) in [5.41, 5.74) is 8.05. The minimum absolute atomic E-state index is 0.285. The zero-order valence-corrected chi connectivity index (χ0v) is 29.2. The number of nitrogens with one attached hydrogen (secondary N) is 2. The molecule has 0 atom stereocenters. The molecule has 240 valence electrons. The minimum atomic E-state index is -1.13. The van der Waals surface area contributed by atoms with Gasteiger partial charge in [0.1, 0.15) is 36.5 Å². The first-order valence-electron chi connectivity index (χ1n) is 15.0. The lowest BCUT2D eigenvalue weighted by atomic mass is 10.3. The largest absolute Gasteiger partial charge is 0.365 e. The van der Waals surface area contributed by atoms with Crippen LogP contribution in [0.2, 0.25) is 51.4 Å². The molecular formula is C32H46N8O3Si2. The van der Waals surface area contributed by atoms with E-state index in [2.05, 4.69) is 66.2 Å². The van der Waals surface area contributed by atoms with Gasteiger partial charge in [0.25, 0.3) is 5.91 Å². The number of amides is 1. The summed E-state index contributed by atoms with van der Waals surface area (Å²) in [6.07, 6.45) is 3.18. The number of benzene rings is 2. The van der Waals surface area contributed by atoms with E-state index in [-0.39, 0.29) is 6.73 Å². The fraction of sp³-hybridized carbons (Fsp3) is 0.375. The number of aromatic nitrogens is 4. The van der Waals surface area contributed by atoms with Gasteiger partial charge in [-0.05, 0) is 36.4 Å². The number of carbonyl (C=O) groups excluding carboxylic acids is 1. The molecule has 2 heterocycles. The second-order valence-electron chi connectivity index (χ2n) is 13.0. The molecule has 0 radical (unpaired) electrons. The number of carbonyl (C=O) groups is 1. The Kier molecular flexibility index (Phi) is 13.1. The Labute approximate surface area is 268 Å². The van der Waals surface area contributed by atoms with Crippen molar-refractivity contribution in [2.24, 2.45) is 5.73 Å². The minimum Gasteiger partial charge on any atom is -0.365 e. The Balaban J connectivity index is 0.000000246. The van der Waals surface area contributed by atoms with Crippen LogP contribution in [0.4, 0.5) is 23.0 Å². The first-order valence-corrected chi connectivity index (χ1v) is 22.4. The molecule has 4 N–H and O–H groups in total. The molecule has 2 aromatic heterocycles. The Morgan fingerprint density at radius 2 is 1.40 bits per heavy atom. The number of para-hydroxylation sites is 2. The van der Waals surface area contributed by atoms with Gasteiger partial charge in [-0.2, -0.15) is 15.5 Å². The number of nitrogens with two attached hydrogens (primary N) is 1. The standard InChI is InChI=1S/C16H24N4O2Si.C16H22N4OSi/c1-23(2,3)10-9-22-12-20-16(14(11-18-20)15(17)21)19-13-7-5-4-6-8-13;1-22(2,3)10-9-21-13-20-12-14(11-17)16(19-20)18-15-7-5-4-6-8-15/h4-8,11,19H,9-10,12H2,1-3H3,(H2,17,21);4-8,12H,9-10,13H2,1-3H3,(H,18,19). The maximum atomic E-state index is 11.6. The number of rotatable bonds is 15. The summed E-state index contributed by atoms with van der Waals surface area (Å²) in [5.74, 6) is 0.594. The van der Waals surface area contributed by atoms with E-state index in [1.165, 1.54) is 6.20 Å². The van der Waals surface area contributed by atoms with Gasteiger partial charge in [-0.3, -0.25) is 4.79 Å². The second-order valence-corrected chi connectivity index (χ2v) is 24.2. The number of anilines is 4. The maximum Gasteiger partial charge on any atom is 0.254 e. The predicted octanol–water partition coefficient (Wildman–Crippen LogP) is 6.85. The van der Waals surface area contributed by atoms with Crippen LogP contribution in [0.3, 0.4) is 0 Å². The van der Waals surface area contributed by atoms with E-state index in [9.17, 15) is 10.1 Å². The molecule has 2 aromatic carbocycles. The number of nitriles is 1. The van der Waals surface area contributed by atoms with Crippen LogP contribution in [0.5, 0.6) is 0 Å². The zero-order valence-electron chi connectivity index (χ0n) is 27.2. The normalized spacial score (nSPS) is 11.3. The lowest BCUT2D eigenvalue weighted by Crippen LogP contribution is -2.22. The van der Waals surface area contributed by atoms with Crippen LogP contribution >= 0.6 is 0 Å². The third-order valence-corrected chi connectivity index (χ3v) is 9.90. The molecule has 0 aliphatic carbocycles. The van der Waals surface area contributed by atoms with Crippen molar-refractivity contribution in [2.45, 2.75) is 64.8 Å². The summed E-state index contributed by atoms with van der Waals surface area (Å²) in [6.45, 7) is 15.9. The van der Waals surface area contributed by atoms with Crippen molar-refractivity contribution in [2.75, 3.05) is 23.8 Å². The number of ether oxygens (including phenoxy) is 2. The molecular weight excluding hydrogens is 601 g/mol. The first-order chi connectivity index (χ1) is 21.3. The molecule has 11 nitrogen and oxygen atoms in total. The molecule has 1 amide bonds. The fourth-order valence-electron chi connectivity index (χ4n) is 3.84. The molecule has 13 heteroatoms. The van der Waals surface area contributed by atoms with Crippen LogP contribution in [0, 0.1) is 11.3 Å². The second kappa shape index (κ2) is 16.7. The Bertz CT molecular complexity index is 1520. The van der Waals surface area contributed by atoms with Crippen LogP contribution in [0.15, 0.2) is 73.1 Å². The van der Waals surface area contributed by atoms with Crippen LogP contribution in [-0.4, -0.2) is 54.8 Å². The van der Waals surface area contributed by atoms with Crippen molar-refractivity contribution in [3.8, 4) is 6.07 Å². The molecule has 0 saturated carbocycles. The van der Waals surface area contributed by atoms with Gasteiger partial charge in [0.15, 0.2) is 5.82 Å². The zero-order chi connectivity index (χ0) is 32.9. The monoisotopic (exact) mass is 646 g/mol. The third-order valence-electron chi connectivity index (χ3n) is 6.49. The van der Waals surface area contributed by atoms with Gasteiger partial charge >= 0.3 is 0 Å². The van der Waals surface area contributed by atoms with Gasteiger partial charge < -0.3 is 25.8 Å². The number of hydrogen-bond donors (Lipinski definition) is 3. The molecule has 0 aliphatic rings. The van der Waals surface area contributed by atoms with Gasteiger partial charge in [-0.15, -0.1) is 0 Å². The molecule has 0 unspecified atom stereocenters. The Morgan fingerprint density at radius 3 is 1.91 bits per heavy atom. The van der Waals surface area contributed by atoms with Gasteiger partial charge in [-0.25, -0.2) is 9.36 Å². The summed E-state index contributed by atoms with van der Waals surface area (Å²) >= 11 is 0. The molecule has 45 heavy (non-hydrogen) atoms. The highest BCUT2D eigenvalue weighted by atomic mass is 28.3. The fourth-order valence-corrected chi connectivity index (χ4v) is 5.35. The topological polar surface area (TPSA) is 145 Å². The lowest BCUT2D eigenvalue weighted by molar-refractivity contribution is 0.0787. The van der Waals surface area contributed by atoms with Crippen molar-refractivity contribution >= 4 is 45.1 Å². The van der Waals surface area contributed by atoms with Crippen LogP contribution in [-0.2, 0) is 22.9 Å². The van der Waals surface area contributed by atoms with Gasteiger partial charge in [0.05, 0.1) is 6.20 Å². The lowest BCUT2D eigenvalue weighted by Gasteiger charge is -2.16. The molecule has 0 bridgehead atoms. The SMILES string of the molecule is C[Si](C)(C)CCOCn1cc(C#N)c(Nc2ccccc2)n1.C[Si](C)(C)CCOCn1ncc(C(N)=O)c1Nc1ccccc1. The summed E-state index contributed by atoms with van der Waals surface area (Å²) in [5, 5.41) is 24.1. The van der Waals surface area contributed by atoms with E-state index in [1.807, 2.05) is 60.7 Å². The van der Waals surface area contributed by atoms with Crippen LogP contribution in [0.25, 0.3) is 0 Å². The van der Waals surface area contributed by atoms with E-state index in [4.69, 9.17) is 15.2 Å². The van der Waals surface area contributed by atoms with Crippen molar-refractivity contribution in [3.05, 3.63) is 84.2 Å². The van der Waals surface area contributed by atoms with Crippen molar-refractivity contribution in [1.29, 1.82) is 5.26 Å². The highest BCUT2D eigenvalue weighted by Gasteiger charge is 2.17. The van der Waals surface area contributed by atoms with E-state index >= 15 is 0 Å². The van der Waals surface area contributed by atoms with Gasteiger partial charge in [0, 0.05) is 46.9 Å². The molecule has 4 rings (SSSR count). The summed E-state index contributed by atoms with van der Waals surface area (Å²) < 4.78 is 14.7. The van der Waals surface area contributed by atoms with Gasteiger partial charge in [0.2, 0.25) is 0 Å². The van der Waals surface area contributed by atoms with Crippen molar-refractivity contribution in [3.63, 3.8) is 0 Å². The molecule has 0 aliphatic heterocycles. The van der Waals surface area contributed by atoms with Gasteiger partial charge in [-0.1, -0.05) is 75.7 Å². The molecule has 0 fully saturated rings. The summed E-state index contributed by atoms with van der Waals surface area (Å²) in [6, 6.07) is 23.6. The van der Waals surface area contributed by atoms with Crippen molar-refractivity contribution < 1.29 is 14.3 Å². The average Bonchev–Trinajstić information content (AvgIpc) is 3.57. The third kappa shape index (κ3) is 12.7. The van der Waals surface area contributed by atoms with E-state index in [1.54, 1.807) is 15.6 Å². The smallest absolute Gasteiger partial charge is 0.254 e.